The topological polar surface area (TPSA) is 63.8 Å². The zero-order valence-corrected chi connectivity index (χ0v) is 10.9. The van der Waals surface area contributed by atoms with Gasteiger partial charge in [-0.25, -0.2) is 4.98 Å². The second-order valence-electron chi connectivity index (χ2n) is 3.96. The highest BCUT2D eigenvalue weighted by atomic mass is 35.5. The van der Waals surface area contributed by atoms with E-state index in [1.807, 2.05) is 18.2 Å². The number of nitrogens with two attached hydrogens (primary N) is 1. The fourth-order valence-electron chi connectivity index (χ4n) is 1.73. The van der Waals surface area contributed by atoms with E-state index in [4.69, 9.17) is 17.3 Å². The molecule has 94 valence electrons. The Morgan fingerprint density at radius 2 is 2.11 bits per heavy atom. The molecule has 2 aromatic rings. The van der Waals surface area contributed by atoms with Crippen LogP contribution in [-0.2, 0) is 6.42 Å². The van der Waals surface area contributed by atoms with Gasteiger partial charge in [0, 0.05) is 5.69 Å². The van der Waals surface area contributed by atoms with E-state index in [0.29, 0.717) is 10.8 Å². The molecule has 0 fully saturated rings. The molecule has 0 atom stereocenters. The standard InChI is InChI=1S/C13H15ClN4/c1-2-5-9-6-3-4-7-11(9)17-12-10(14)8-16-13(15)18-12/h3-4,6-8H,2,5H2,1H3,(H3,15,16,17,18). The molecule has 1 aromatic heterocycles. The van der Waals surface area contributed by atoms with Crippen molar-refractivity contribution in [1.82, 2.24) is 9.97 Å². The van der Waals surface area contributed by atoms with E-state index in [0.717, 1.165) is 18.5 Å². The second-order valence-corrected chi connectivity index (χ2v) is 4.36. The number of rotatable bonds is 4. The Kier molecular flexibility index (Phi) is 3.99. The van der Waals surface area contributed by atoms with Crippen molar-refractivity contribution in [2.24, 2.45) is 0 Å². The molecule has 0 aliphatic heterocycles. The number of nitrogens with zero attached hydrogens (tertiary/aromatic N) is 2. The molecule has 0 aliphatic carbocycles. The summed E-state index contributed by atoms with van der Waals surface area (Å²) in [6, 6.07) is 8.08. The van der Waals surface area contributed by atoms with Crippen molar-refractivity contribution in [2.45, 2.75) is 19.8 Å². The van der Waals surface area contributed by atoms with Crippen LogP contribution in [0.4, 0.5) is 17.5 Å². The molecule has 3 N–H and O–H groups in total. The summed E-state index contributed by atoms with van der Waals surface area (Å²) in [6.07, 6.45) is 3.58. The lowest BCUT2D eigenvalue weighted by molar-refractivity contribution is 0.923. The fraction of sp³-hybridized carbons (Fsp3) is 0.231. The lowest BCUT2D eigenvalue weighted by Gasteiger charge is -2.11. The molecule has 0 saturated heterocycles. The monoisotopic (exact) mass is 262 g/mol. The van der Waals surface area contributed by atoms with Gasteiger partial charge in [-0.3, -0.25) is 0 Å². The lowest BCUT2D eigenvalue weighted by atomic mass is 10.1. The van der Waals surface area contributed by atoms with Crippen molar-refractivity contribution in [3.05, 3.63) is 41.0 Å². The van der Waals surface area contributed by atoms with Gasteiger partial charge >= 0.3 is 0 Å². The largest absolute Gasteiger partial charge is 0.368 e. The van der Waals surface area contributed by atoms with Gasteiger partial charge < -0.3 is 11.1 Å². The molecule has 0 bridgehead atoms. The smallest absolute Gasteiger partial charge is 0.222 e. The van der Waals surface area contributed by atoms with Crippen LogP contribution in [0.3, 0.4) is 0 Å². The minimum absolute atomic E-state index is 0.204. The van der Waals surface area contributed by atoms with Crippen LogP contribution in [0.1, 0.15) is 18.9 Å². The van der Waals surface area contributed by atoms with Crippen LogP contribution >= 0.6 is 11.6 Å². The molecular weight excluding hydrogens is 248 g/mol. The van der Waals surface area contributed by atoms with Gasteiger partial charge in [0.15, 0.2) is 5.82 Å². The van der Waals surface area contributed by atoms with Crippen molar-refractivity contribution < 1.29 is 0 Å². The number of aryl methyl sites for hydroxylation is 1. The zero-order chi connectivity index (χ0) is 13.0. The molecule has 2 rings (SSSR count). The van der Waals surface area contributed by atoms with E-state index < -0.39 is 0 Å². The third-order valence-electron chi connectivity index (χ3n) is 2.55. The molecule has 0 saturated carbocycles. The lowest BCUT2D eigenvalue weighted by Crippen LogP contribution is -2.02. The fourth-order valence-corrected chi connectivity index (χ4v) is 1.86. The average Bonchev–Trinajstić information content (AvgIpc) is 2.36. The summed E-state index contributed by atoms with van der Waals surface area (Å²) in [5.41, 5.74) is 7.79. The van der Waals surface area contributed by atoms with E-state index in [1.54, 1.807) is 0 Å². The number of halogens is 1. The van der Waals surface area contributed by atoms with Crippen molar-refractivity contribution in [2.75, 3.05) is 11.1 Å². The Morgan fingerprint density at radius 1 is 1.33 bits per heavy atom. The molecule has 0 aliphatic rings. The van der Waals surface area contributed by atoms with E-state index in [-0.39, 0.29) is 5.95 Å². The maximum Gasteiger partial charge on any atom is 0.222 e. The molecule has 18 heavy (non-hydrogen) atoms. The Hall–Kier alpha value is -1.81. The van der Waals surface area contributed by atoms with Gasteiger partial charge in [0.25, 0.3) is 0 Å². The van der Waals surface area contributed by atoms with Gasteiger partial charge in [-0.15, -0.1) is 0 Å². The molecule has 0 unspecified atom stereocenters. The molecule has 1 heterocycles. The Labute approximate surface area is 111 Å². The predicted octanol–water partition coefficient (Wildman–Crippen LogP) is 3.41. The first-order valence-electron chi connectivity index (χ1n) is 5.83. The summed E-state index contributed by atoms with van der Waals surface area (Å²) < 4.78 is 0. The van der Waals surface area contributed by atoms with Gasteiger partial charge in [0.05, 0.1) is 6.20 Å². The van der Waals surface area contributed by atoms with Crippen LogP contribution in [-0.4, -0.2) is 9.97 Å². The van der Waals surface area contributed by atoms with Crippen molar-refractivity contribution in [3.63, 3.8) is 0 Å². The molecule has 4 nitrogen and oxygen atoms in total. The normalized spacial score (nSPS) is 10.3. The third-order valence-corrected chi connectivity index (χ3v) is 2.83. The second kappa shape index (κ2) is 5.69. The van der Waals surface area contributed by atoms with Gasteiger partial charge in [0.2, 0.25) is 5.95 Å². The van der Waals surface area contributed by atoms with Gasteiger partial charge in [-0.05, 0) is 18.1 Å². The SMILES string of the molecule is CCCc1ccccc1Nc1nc(N)ncc1Cl. The van der Waals surface area contributed by atoms with Crippen LogP contribution < -0.4 is 11.1 Å². The number of aromatic nitrogens is 2. The van der Waals surface area contributed by atoms with Crippen LogP contribution in [0, 0.1) is 0 Å². The number of nitrogens with one attached hydrogen (secondary N) is 1. The summed E-state index contributed by atoms with van der Waals surface area (Å²) in [7, 11) is 0. The number of benzene rings is 1. The Balaban J connectivity index is 2.30. The van der Waals surface area contributed by atoms with E-state index in [1.165, 1.54) is 11.8 Å². The number of anilines is 3. The summed E-state index contributed by atoms with van der Waals surface area (Å²) in [5, 5.41) is 3.66. The van der Waals surface area contributed by atoms with Gasteiger partial charge in [0.1, 0.15) is 5.02 Å². The summed E-state index contributed by atoms with van der Waals surface area (Å²) in [5.74, 6) is 0.739. The third kappa shape index (κ3) is 2.90. The predicted molar refractivity (Wildman–Crippen MR) is 75.2 cm³/mol. The molecule has 0 radical (unpaired) electrons. The van der Waals surface area contributed by atoms with Crippen molar-refractivity contribution in [3.8, 4) is 0 Å². The van der Waals surface area contributed by atoms with Crippen LogP contribution in [0.25, 0.3) is 0 Å². The van der Waals surface area contributed by atoms with E-state index in [2.05, 4.69) is 28.3 Å². The summed E-state index contributed by atoms with van der Waals surface area (Å²) >= 11 is 6.03. The Morgan fingerprint density at radius 3 is 2.89 bits per heavy atom. The summed E-state index contributed by atoms with van der Waals surface area (Å²) in [6.45, 7) is 2.15. The van der Waals surface area contributed by atoms with Gasteiger partial charge in [-0.2, -0.15) is 4.98 Å². The van der Waals surface area contributed by atoms with Crippen LogP contribution in [0.2, 0.25) is 5.02 Å². The average molecular weight is 263 g/mol. The number of hydrogen-bond donors (Lipinski definition) is 2. The van der Waals surface area contributed by atoms with Crippen molar-refractivity contribution in [1.29, 1.82) is 0 Å². The number of nitrogen functional groups attached to an aromatic ring is 1. The molecule has 0 spiro atoms. The maximum absolute atomic E-state index is 6.03. The number of para-hydroxylation sites is 1. The Bertz CT molecular complexity index is 542. The van der Waals surface area contributed by atoms with E-state index in [9.17, 15) is 0 Å². The highest BCUT2D eigenvalue weighted by molar-refractivity contribution is 6.32. The zero-order valence-electron chi connectivity index (χ0n) is 10.2. The molecule has 0 amide bonds. The molecule has 1 aromatic carbocycles. The van der Waals surface area contributed by atoms with Crippen LogP contribution in [0.15, 0.2) is 30.5 Å². The first-order chi connectivity index (χ1) is 8.70. The highest BCUT2D eigenvalue weighted by Crippen LogP contribution is 2.25. The molecule has 5 heteroatoms. The highest BCUT2D eigenvalue weighted by Gasteiger charge is 2.06. The summed E-state index contributed by atoms with van der Waals surface area (Å²) in [4.78, 5) is 7.93. The maximum atomic E-state index is 6.03. The first kappa shape index (κ1) is 12.6. The first-order valence-corrected chi connectivity index (χ1v) is 6.21. The minimum atomic E-state index is 0.204. The van der Waals surface area contributed by atoms with Crippen LogP contribution in [0.5, 0.6) is 0 Å². The number of hydrogen-bond acceptors (Lipinski definition) is 4. The van der Waals surface area contributed by atoms with Crippen molar-refractivity contribution >= 4 is 29.1 Å². The quantitative estimate of drug-likeness (QED) is 0.886. The molecular formula is C13H15ClN4. The van der Waals surface area contributed by atoms with E-state index >= 15 is 0 Å². The minimum Gasteiger partial charge on any atom is -0.368 e. The van der Waals surface area contributed by atoms with Gasteiger partial charge in [-0.1, -0.05) is 43.1 Å².